The lowest BCUT2D eigenvalue weighted by Crippen LogP contribution is -1.93. The lowest BCUT2D eigenvalue weighted by Gasteiger charge is -1.87. The molecule has 15 heavy (non-hydrogen) atoms. The van der Waals surface area contributed by atoms with Crippen LogP contribution in [0.15, 0.2) is 27.3 Å². The minimum Gasteiger partial charge on any atom is -0.461 e. The Balaban J connectivity index is 2.08. The fourth-order valence-corrected chi connectivity index (χ4v) is 1.15. The number of aromatic nitrogens is 2. The molecule has 0 aliphatic rings. The predicted octanol–water partition coefficient (Wildman–Crippen LogP) is 1.85. The van der Waals surface area contributed by atoms with Crippen LogP contribution < -0.4 is 0 Å². The van der Waals surface area contributed by atoms with Gasteiger partial charge in [-0.1, -0.05) is 5.16 Å². The Bertz CT molecular complexity index is 445. The maximum absolute atomic E-state index is 10.7. The summed E-state index contributed by atoms with van der Waals surface area (Å²) in [6, 6.07) is 3.50. The molecule has 2 aromatic rings. The van der Waals surface area contributed by atoms with Crippen LogP contribution in [0.25, 0.3) is 11.6 Å². The molecule has 0 fully saturated rings. The fraction of sp³-hybridized carbons (Fsp3) is 0.300. The number of hydrogen-bond acceptors (Lipinski definition) is 5. The Labute approximate surface area is 86.1 Å². The molecule has 0 aliphatic heterocycles. The first-order valence-electron chi connectivity index (χ1n) is 4.61. The maximum atomic E-state index is 10.7. The highest BCUT2D eigenvalue weighted by molar-refractivity contribution is 5.75. The molecule has 78 valence electrons. The zero-order valence-electron chi connectivity index (χ0n) is 8.27. The Kier molecular flexibility index (Phi) is 2.62. The Morgan fingerprint density at radius 3 is 3.07 bits per heavy atom. The average Bonchev–Trinajstić information content (AvgIpc) is 2.85. The van der Waals surface area contributed by atoms with Crippen LogP contribution in [0.3, 0.4) is 0 Å². The SMILES string of the molecule is CC(=O)CCc1nc(-c2ccco2)no1. The summed E-state index contributed by atoms with van der Waals surface area (Å²) < 4.78 is 10.1. The van der Waals surface area contributed by atoms with Gasteiger partial charge in [0.1, 0.15) is 5.78 Å². The molecule has 0 atom stereocenters. The highest BCUT2D eigenvalue weighted by Gasteiger charge is 2.10. The zero-order chi connectivity index (χ0) is 10.7. The Hall–Kier alpha value is -1.91. The number of carbonyl (C=O) groups is 1. The Morgan fingerprint density at radius 1 is 1.53 bits per heavy atom. The van der Waals surface area contributed by atoms with Crippen LogP contribution in [-0.4, -0.2) is 15.9 Å². The van der Waals surface area contributed by atoms with Crippen LogP contribution in [0.1, 0.15) is 19.2 Å². The molecule has 5 heteroatoms. The van der Waals surface area contributed by atoms with Crippen LogP contribution in [0.5, 0.6) is 0 Å². The molecule has 0 amide bonds. The summed E-state index contributed by atoms with van der Waals surface area (Å²) in [7, 11) is 0. The van der Waals surface area contributed by atoms with E-state index in [-0.39, 0.29) is 5.78 Å². The van der Waals surface area contributed by atoms with Crippen molar-refractivity contribution in [3.8, 4) is 11.6 Å². The van der Waals surface area contributed by atoms with Gasteiger partial charge in [-0.25, -0.2) is 0 Å². The van der Waals surface area contributed by atoms with Crippen molar-refractivity contribution in [1.29, 1.82) is 0 Å². The van der Waals surface area contributed by atoms with Crippen LogP contribution in [0, 0.1) is 0 Å². The first-order chi connectivity index (χ1) is 7.25. The number of hydrogen-bond donors (Lipinski definition) is 0. The number of nitrogens with zero attached hydrogens (tertiary/aromatic N) is 2. The van der Waals surface area contributed by atoms with E-state index in [2.05, 4.69) is 10.1 Å². The fourth-order valence-electron chi connectivity index (χ4n) is 1.15. The lowest BCUT2D eigenvalue weighted by atomic mass is 10.2. The third-order valence-electron chi connectivity index (χ3n) is 1.90. The molecular formula is C10H10N2O3. The maximum Gasteiger partial charge on any atom is 0.238 e. The van der Waals surface area contributed by atoms with Crippen LogP contribution in [0.2, 0.25) is 0 Å². The van der Waals surface area contributed by atoms with Crippen molar-refractivity contribution in [2.24, 2.45) is 0 Å². The minimum atomic E-state index is 0.104. The smallest absolute Gasteiger partial charge is 0.238 e. The van der Waals surface area contributed by atoms with Gasteiger partial charge in [0.05, 0.1) is 6.26 Å². The summed E-state index contributed by atoms with van der Waals surface area (Å²) in [6.07, 6.45) is 2.43. The summed E-state index contributed by atoms with van der Waals surface area (Å²) in [5, 5.41) is 3.75. The van der Waals surface area contributed by atoms with Crippen molar-refractivity contribution in [1.82, 2.24) is 10.1 Å². The van der Waals surface area contributed by atoms with E-state index in [4.69, 9.17) is 8.94 Å². The van der Waals surface area contributed by atoms with Gasteiger partial charge in [0.2, 0.25) is 11.7 Å². The molecule has 5 nitrogen and oxygen atoms in total. The van der Waals surface area contributed by atoms with E-state index in [9.17, 15) is 4.79 Å². The molecule has 0 spiro atoms. The van der Waals surface area contributed by atoms with Gasteiger partial charge < -0.3 is 13.7 Å². The highest BCUT2D eigenvalue weighted by Crippen LogP contribution is 2.16. The molecule has 2 heterocycles. The predicted molar refractivity (Wildman–Crippen MR) is 51.0 cm³/mol. The Morgan fingerprint density at radius 2 is 2.40 bits per heavy atom. The van der Waals surface area contributed by atoms with E-state index in [1.807, 2.05) is 0 Å². The van der Waals surface area contributed by atoms with Crippen LogP contribution >= 0.6 is 0 Å². The van der Waals surface area contributed by atoms with Gasteiger partial charge in [-0.05, 0) is 19.1 Å². The summed E-state index contributed by atoms with van der Waals surface area (Å²) in [6.45, 7) is 1.53. The molecule has 0 aromatic carbocycles. The molecule has 0 saturated heterocycles. The summed E-state index contributed by atoms with van der Waals surface area (Å²) in [4.78, 5) is 14.8. The first-order valence-corrected chi connectivity index (χ1v) is 4.61. The topological polar surface area (TPSA) is 69.1 Å². The molecule has 2 aromatic heterocycles. The quantitative estimate of drug-likeness (QED) is 0.763. The van der Waals surface area contributed by atoms with E-state index in [0.717, 1.165) is 0 Å². The average molecular weight is 206 g/mol. The van der Waals surface area contributed by atoms with Gasteiger partial charge in [-0.2, -0.15) is 4.98 Å². The largest absolute Gasteiger partial charge is 0.461 e. The van der Waals surface area contributed by atoms with Crippen LogP contribution in [0.4, 0.5) is 0 Å². The third-order valence-corrected chi connectivity index (χ3v) is 1.90. The standard InChI is InChI=1S/C10H10N2O3/c1-7(13)4-5-9-11-10(12-15-9)8-3-2-6-14-8/h2-3,6H,4-5H2,1H3. The second-order valence-corrected chi connectivity index (χ2v) is 3.19. The zero-order valence-corrected chi connectivity index (χ0v) is 8.27. The lowest BCUT2D eigenvalue weighted by molar-refractivity contribution is -0.117. The monoisotopic (exact) mass is 206 g/mol. The third kappa shape index (κ3) is 2.31. The van der Waals surface area contributed by atoms with E-state index >= 15 is 0 Å². The van der Waals surface area contributed by atoms with Gasteiger partial charge in [0.15, 0.2) is 5.76 Å². The van der Waals surface area contributed by atoms with Crippen molar-refractivity contribution >= 4 is 5.78 Å². The summed E-state index contributed by atoms with van der Waals surface area (Å²) in [5.74, 6) is 1.54. The van der Waals surface area contributed by atoms with Gasteiger partial charge >= 0.3 is 0 Å². The molecule has 0 aliphatic carbocycles. The van der Waals surface area contributed by atoms with E-state index in [0.29, 0.717) is 30.3 Å². The number of Topliss-reactive ketones (excluding diaryl/α,β-unsaturated/α-hetero) is 1. The van der Waals surface area contributed by atoms with Crippen molar-refractivity contribution in [3.05, 3.63) is 24.3 Å². The van der Waals surface area contributed by atoms with E-state index in [1.165, 1.54) is 6.92 Å². The number of rotatable bonds is 4. The van der Waals surface area contributed by atoms with Gasteiger partial charge in [0.25, 0.3) is 0 Å². The molecule has 0 saturated carbocycles. The highest BCUT2D eigenvalue weighted by atomic mass is 16.5. The van der Waals surface area contributed by atoms with E-state index < -0.39 is 0 Å². The molecule has 0 N–H and O–H groups in total. The summed E-state index contributed by atoms with van der Waals surface area (Å²) >= 11 is 0. The number of furan rings is 1. The van der Waals surface area contributed by atoms with Crippen LogP contribution in [-0.2, 0) is 11.2 Å². The molecule has 0 radical (unpaired) electrons. The second-order valence-electron chi connectivity index (χ2n) is 3.19. The minimum absolute atomic E-state index is 0.104. The second kappa shape index (κ2) is 4.08. The number of carbonyl (C=O) groups excluding carboxylic acids is 1. The van der Waals surface area contributed by atoms with Crippen molar-refractivity contribution < 1.29 is 13.7 Å². The number of aryl methyl sites for hydroxylation is 1. The van der Waals surface area contributed by atoms with Crippen molar-refractivity contribution in [3.63, 3.8) is 0 Å². The first kappa shape index (κ1) is 9.64. The molecular weight excluding hydrogens is 196 g/mol. The van der Waals surface area contributed by atoms with Gasteiger partial charge in [-0.15, -0.1) is 0 Å². The molecule has 2 rings (SSSR count). The van der Waals surface area contributed by atoms with Crippen molar-refractivity contribution in [2.75, 3.05) is 0 Å². The van der Waals surface area contributed by atoms with Crippen molar-refractivity contribution in [2.45, 2.75) is 19.8 Å². The number of ketones is 1. The summed E-state index contributed by atoms with van der Waals surface area (Å²) in [5.41, 5.74) is 0. The van der Waals surface area contributed by atoms with Gasteiger partial charge in [-0.3, -0.25) is 0 Å². The normalized spacial score (nSPS) is 10.5. The molecule has 0 unspecified atom stereocenters. The van der Waals surface area contributed by atoms with Gasteiger partial charge in [0, 0.05) is 12.8 Å². The molecule has 0 bridgehead atoms. The van der Waals surface area contributed by atoms with E-state index in [1.54, 1.807) is 18.4 Å².